The summed E-state index contributed by atoms with van der Waals surface area (Å²) in [7, 11) is 0. The van der Waals surface area contributed by atoms with E-state index in [0.29, 0.717) is 0 Å². The molecule has 1 aliphatic rings. The van der Waals surface area contributed by atoms with Crippen LogP contribution in [0.5, 0.6) is 0 Å². The summed E-state index contributed by atoms with van der Waals surface area (Å²) in [4.78, 5) is 0. The Morgan fingerprint density at radius 3 is 2.27 bits per heavy atom. The van der Waals surface area contributed by atoms with Gasteiger partial charge < -0.3 is 0 Å². The first-order valence-corrected chi connectivity index (χ1v) is 7.89. The van der Waals surface area contributed by atoms with Crippen molar-refractivity contribution in [3.63, 3.8) is 0 Å². The molecule has 4 rings (SSSR count). The van der Waals surface area contributed by atoms with E-state index in [0.717, 1.165) is 0 Å². The summed E-state index contributed by atoms with van der Waals surface area (Å²) in [5.74, 6) is 0. The van der Waals surface area contributed by atoms with Gasteiger partial charge in [-0.15, -0.1) is 0 Å². The minimum absolute atomic E-state index is 0.0655. The molecule has 3 aromatic carbocycles. The normalized spacial score (nSPS) is 18.9. The van der Waals surface area contributed by atoms with Crippen LogP contribution in [0.15, 0.2) is 66.7 Å². The van der Waals surface area contributed by atoms with E-state index in [9.17, 15) is 0 Å². The highest BCUT2D eigenvalue weighted by Gasteiger charge is 2.41. The topological polar surface area (TPSA) is 0 Å². The van der Waals surface area contributed by atoms with Gasteiger partial charge in [0, 0.05) is 5.41 Å². The molecule has 0 fully saturated rings. The molecule has 0 N–H and O–H groups in total. The van der Waals surface area contributed by atoms with E-state index in [1.165, 1.54) is 38.9 Å². The van der Waals surface area contributed by atoms with Crippen molar-refractivity contribution in [2.45, 2.75) is 26.2 Å². The Balaban J connectivity index is 2.13. The van der Waals surface area contributed by atoms with E-state index in [1.807, 2.05) is 0 Å². The average Bonchev–Trinajstić information content (AvgIpc) is 2.80. The standard InChI is InChI=1S/C22H20/c1-15-12-13-18-20(14-15)22(3,17-9-5-4-6-10-17)19-11-7-8-16(2)21(18)19/h4-14H,1-3H3. The van der Waals surface area contributed by atoms with E-state index in [4.69, 9.17) is 0 Å². The zero-order chi connectivity index (χ0) is 15.3. The third kappa shape index (κ3) is 1.64. The fourth-order valence-corrected chi connectivity index (χ4v) is 3.96. The van der Waals surface area contributed by atoms with Gasteiger partial charge in [-0.2, -0.15) is 0 Å². The zero-order valence-electron chi connectivity index (χ0n) is 13.4. The van der Waals surface area contributed by atoms with Crippen molar-refractivity contribution in [2.75, 3.05) is 0 Å². The summed E-state index contributed by atoms with van der Waals surface area (Å²) in [5.41, 5.74) is 9.67. The quantitative estimate of drug-likeness (QED) is 0.542. The van der Waals surface area contributed by atoms with Crippen molar-refractivity contribution in [2.24, 2.45) is 0 Å². The Morgan fingerprint density at radius 1 is 0.727 bits per heavy atom. The molecule has 3 aromatic rings. The van der Waals surface area contributed by atoms with Gasteiger partial charge >= 0.3 is 0 Å². The molecule has 0 bridgehead atoms. The van der Waals surface area contributed by atoms with Crippen LogP contribution in [0.25, 0.3) is 11.1 Å². The fraction of sp³-hybridized carbons (Fsp3) is 0.182. The van der Waals surface area contributed by atoms with E-state index in [2.05, 4.69) is 87.5 Å². The molecule has 0 spiro atoms. The summed E-state index contributed by atoms with van der Waals surface area (Å²) in [6.07, 6.45) is 0. The van der Waals surface area contributed by atoms with E-state index < -0.39 is 0 Å². The average molecular weight is 284 g/mol. The van der Waals surface area contributed by atoms with Gasteiger partial charge in [-0.25, -0.2) is 0 Å². The van der Waals surface area contributed by atoms with Crippen molar-refractivity contribution < 1.29 is 0 Å². The van der Waals surface area contributed by atoms with Gasteiger partial charge in [0.1, 0.15) is 0 Å². The van der Waals surface area contributed by atoms with E-state index >= 15 is 0 Å². The van der Waals surface area contributed by atoms with Gasteiger partial charge in [0.05, 0.1) is 0 Å². The van der Waals surface area contributed by atoms with Crippen molar-refractivity contribution in [1.29, 1.82) is 0 Å². The first kappa shape index (κ1) is 13.3. The molecule has 0 nitrogen and oxygen atoms in total. The predicted octanol–water partition coefficient (Wildman–Crippen LogP) is 5.64. The summed E-state index contributed by atoms with van der Waals surface area (Å²) in [6, 6.07) is 24.5. The molecule has 0 amide bonds. The van der Waals surface area contributed by atoms with Gasteiger partial charge in [0.15, 0.2) is 0 Å². The molecule has 0 aromatic heterocycles. The second-order valence-corrected chi connectivity index (χ2v) is 6.54. The Labute approximate surface area is 132 Å². The number of fused-ring (bicyclic) bond motifs is 3. The van der Waals surface area contributed by atoms with Crippen LogP contribution in [0.3, 0.4) is 0 Å². The molecule has 0 heteroatoms. The van der Waals surface area contributed by atoms with Crippen LogP contribution in [-0.4, -0.2) is 0 Å². The van der Waals surface area contributed by atoms with Gasteiger partial charge in [-0.3, -0.25) is 0 Å². The molecular formula is C22H20. The van der Waals surface area contributed by atoms with Gasteiger partial charge in [-0.1, -0.05) is 72.3 Å². The highest BCUT2D eigenvalue weighted by atomic mass is 14.4. The van der Waals surface area contributed by atoms with Gasteiger partial charge in [0.25, 0.3) is 0 Å². The van der Waals surface area contributed by atoms with Crippen molar-refractivity contribution in [3.05, 3.63) is 94.5 Å². The van der Waals surface area contributed by atoms with Crippen LogP contribution >= 0.6 is 0 Å². The second kappa shape index (κ2) is 4.58. The first-order valence-electron chi connectivity index (χ1n) is 7.89. The third-order valence-corrected chi connectivity index (χ3v) is 5.15. The number of hydrogen-bond acceptors (Lipinski definition) is 0. The lowest BCUT2D eigenvalue weighted by molar-refractivity contribution is 0.713. The molecule has 0 saturated carbocycles. The molecule has 1 aliphatic carbocycles. The molecule has 22 heavy (non-hydrogen) atoms. The maximum absolute atomic E-state index is 2.37. The third-order valence-electron chi connectivity index (χ3n) is 5.15. The lowest BCUT2D eigenvalue weighted by Gasteiger charge is -2.28. The fourth-order valence-electron chi connectivity index (χ4n) is 3.96. The molecule has 1 atom stereocenters. The van der Waals surface area contributed by atoms with Crippen LogP contribution in [0.1, 0.15) is 34.7 Å². The SMILES string of the molecule is Cc1ccc2c(c1)C(C)(c1ccccc1)c1cccc(C)c1-2. The van der Waals surface area contributed by atoms with Crippen molar-refractivity contribution in [1.82, 2.24) is 0 Å². The highest BCUT2D eigenvalue weighted by molar-refractivity contribution is 5.85. The summed E-state index contributed by atoms with van der Waals surface area (Å²) < 4.78 is 0. The molecule has 0 radical (unpaired) electrons. The van der Waals surface area contributed by atoms with Crippen LogP contribution in [-0.2, 0) is 5.41 Å². The maximum Gasteiger partial charge on any atom is 0.0435 e. The number of rotatable bonds is 1. The molecule has 108 valence electrons. The number of aryl methyl sites for hydroxylation is 2. The second-order valence-electron chi connectivity index (χ2n) is 6.54. The Bertz CT molecular complexity index is 858. The molecule has 0 heterocycles. The van der Waals surface area contributed by atoms with Gasteiger partial charge in [0.2, 0.25) is 0 Å². The van der Waals surface area contributed by atoms with Crippen LogP contribution in [0.4, 0.5) is 0 Å². The predicted molar refractivity (Wildman–Crippen MR) is 93.4 cm³/mol. The molecule has 0 aliphatic heterocycles. The summed E-state index contributed by atoms with van der Waals surface area (Å²) >= 11 is 0. The lowest BCUT2D eigenvalue weighted by atomic mass is 9.74. The minimum atomic E-state index is -0.0655. The Hall–Kier alpha value is -2.34. The first-order chi connectivity index (χ1) is 10.6. The maximum atomic E-state index is 2.37. The smallest absolute Gasteiger partial charge is 0.0435 e. The largest absolute Gasteiger partial charge is 0.0622 e. The summed E-state index contributed by atoms with van der Waals surface area (Å²) in [6.45, 7) is 6.77. The number of benzene rings is 3. The zero-order valence-corrected chi connectivity index (χ0v) is 13.4. The van der Waals surface area contributed by atoms with Crippen LogP contribution in [0, 0.1) is 13.8 Å². The van der Waals surface area contributed by atoms with Gasteiger partial charge in [-0.05, 0) is 54.2 Å². The Morgan fingerprint density at radius 2 is 1.50 bits per heavy atom. The Kier molecular flexibility index (Phi) is 2.77. The van der Waals surface area contributed by atoms with Crippen LogP contribution in [0.2, 0.25) is 0 Å². The molecular weight excluding hydrogens is 264 g/mol. The van der Waals surface area contributed by atoms with Crippen molar-refractivity contribution >= 4 is 0 Å². The lowest BCUT2D eigenvalue weighted by Crippen LogP contribution is -2.22. The van der Waals surface area contributed by atoms with E-state index in [1.54, 1.807) is 0 Å². The summed E-state index contributed by atoms with van der Waals surface area (Å²) in [5, 5.41) is 0. The monoisotopic (exact) mass is 284 g/mol. The highest BCUT2D eigenvalue weighted by Crippen LogP contribution is 2.53. The minimum Gasteiger partial charge on any atom is -0.0622 e. The molecule has 0 saturated heterocycles. The molecule has 1 unspecified atom stereocenters. The number of hydrogen-bond donors (Lipinski definition) is 0. The van der Waals surface area contributed by atoms with E-state index in [-0.39, 0.29) is 5.41 Å². The van der Waals surface area contributed by atoms with Crippen LogP contribution < -0.4 is 0 Å². The van der Waals surface area contributed by atoms with Crippen molar-refractivity contribution in [3.8, 4) is 11.1 Å².